The number of benzene rings is 2. The molecule has 0 aliphatic carbocycles. The number of thioether (sulfide) groups is 1. The summed E-state index contributed by atoms with van der Waals surface area (Å²) < 4.78 is 10.5. The zero-order valence-electron chi connectivity index (χ0n) is 17.6. The van der Waals surface area contributed by atoms with Crippen LogP contribution in [0.15, 0.2) is 41.3 Å². The molecule has 2 rings (SSSR count). The number of anilines is 2. The predicted molar refractivity (Wildman–Crippen MR) is 123 cm³/mol. The van der Waals surface area contributed by atoms with Gasteiger partial charge in [-0.3, -0.25) is 9.59 Å². The van der Waals surface area contributed by atoms with Crippen LogP contribution in [0.1, 0.15) is 33.1 Å². The van der Waals surface area contributed by atoms with E-state index in [1.54, 1.807) is 12.1 Å². The molecule has 162 valence electrons. The van der Waals surface area contributed by atoms with E-state index < -0.39 is 0 Å². The third-order valence-electron chi connectivity index (χ3n) is 4.27. The number of nitrogens with one attached hydrogen (secondary N) is 2. The number of carbonyl (C=O) groups is 2. The van der Waals surface area contributed by atoms with Crippen LogP contribution in [0.2, 0.25) is 5.02 Å². The van der Waals surface area contributed by atoms with E-state index >= 15 is 0 Å². The zero-order valence-corrected chi connectivity index (χ0v) is 19.2. The summed E-state index contributed by atoms with van der Waals surface area (Å²) in [6.07, 6.45) is 1.88. The molecule has 0 fully saturated rings. The Morgan fingerprint density at radius 1 is 1.07 bits per heavy atom. The van der Waals surface area contributed by atoms with Gasteiger partial charge in [0.1, 0.15) is 11.5 Å². The van der Waals surface area contributed by atoms with Crippen molar-refractivity contribution in [3.05, 3.63) is 41.4 Å². The molecular weight excluding hydrogens is 424 g/mol. The third-order valence-corrected chi connectivity index (χ3v) is 5.92. The number of methoxy groups -OCH3 is 2. The van der Waals surface area contributed by atoms with E-state index in [0.717, 1.165) is 17.0 Å². The number of carbonyl (C=O) groups excluding carboxylic acids is 2. The fraction of sp³-hybridized carbons (Fsp3) is 0.364. The molecule has 1 unspecified atom stereocenters. The summed E-state index contributed by atoms with van der Waals surface area (Å²) in [7, 11) is 3.03. The van der Waals surface area contributed by atoms with Gasteiger partial charge in [-0.25, -0.2) is 0 Å². The number of rotatable bonds is 10. The normalized spacial score (nSPS) is 11.5. The van der Waals surface area contributed by atoms with Crippen molar-refractivity contribution in [2.75, 3.05) is 24.9 Å². The Kier molecular flexibility index (Phi) is 9.33. The summed E-state index contributed by atoms with van der Waals surface area (Å²) >= 11 is 7.63. The summed E-state index contributed by atoms with van der Waals surface area (Å²) in [5.41, 5.74) is 1.20. The van der Waals surface area contributed by atoms with Crippen LogP contribution in [-0.2, 0) is 9.59 Å². The quantitative estimate of drug-likeness (QED) is 0.460. The molecule has 0 aliphatic heterocycles. The monoisotopic (exact) mass is 450 g/mol. The lowest BCUT2D eigenvalue weighted by Crippen LogP contribution is -2.24. The van der Waals surface area contributed by atoms with Crippen molar-refractivity contribution in [3.8, 4) is 11.5 Å². The van der Waals surface area contributed by atoms with Crippen LogP contribution in [0, 0.1) is 0 Å². The molecular formula is C22H27ClN2O4S. The molecule has 0 spiro atoms. The van der Waals surface area contributed by atoms with E-state index in [9.17, 15) is 9.59 Å². The van der Waals surface area contributed by atoms with Gasteiger partial charge < -0.3 is 20.1 Å². The molecule has 2 amide bonds. The van der Waals surface area contributed by atoms with E-state index in [2.05, 4.69) is 10.6 Å². The van der Waals surface area contributed by atoms with E-state index in [-0.39, 0.29) is 17.1 Å². The number of hydrogen-bond donors (Lipinski definition) is 2. The summed E-state index contributed by atoms with van der Waals surface area (Å²) in [4.78, 5) is 25.6. The average Bonchev–Trinajstić information content (AvgIpc) is 2.72. The fourth-order valence-electron chi connectivity index (χ4n) is 2.76. The number of halogens is 1. The Balaban J connectivity index is 2.12. The smallest absolute Gasteiger partial charge is 0.237 e. The van der Waals surface area contributed by atoms with Gasteiger partial charge in [-0.1, -0.05) is 31.5 Å². The molecule has 0 radical (unpaired) electrons. The maximum atomic E-state index is 12.9. The number of hydrogen-bond acceptors (Lipinski definition) is 5. The Labute approximate surface area is 186 Å². The summed E-state index contributed by atoms with van der Waals surface area (Å²) in [5, 5.41) is 5.82. The van der Waals surface area contributed by atoms with Crippen LogP contribution in [0.3, 0.4) is 0 Å². The fourth-order valence-corrected chi connectivity index (χ4v) is 4.01. The largest absolute Gasteiger partial charge is 0.495 e. The Hall–Kier alpha value is -2.38. The van der Waals surface area contributed by atoms with Gasteiger partial charge in [0.15, 0.2) is 0 Å². The highest BCUT2D eigenvalue weighted by molar-refractivity contribution is 8.00. The second-order valence-electron chi connectivity index (χ2n) is 6.52. The van der Waals surface area contributed by atoms with Crippen LogP contribution in [0.4, 0.5) is 11.4 Å². The van der Waals surface area contributed by atoms with Crippen molar-refractivity contribution < 1.29 is 19.1 Å². The molecule has 2 N–H and O–H groups in total. The molecule has 0 aromatic heterocycles. The van der Waals surface area contributed by atoms with E-state index in [4.69, 9.17) is 21.1 Å². The molecule has 30 heavy (non-hydrogen) atoms. The standard InChI is InChI=1S/C22H27ClN2O4S/c1-5-8-21(26)24-14-9-7-10-15(11-14)30-20(6-2)22(27)25-17-12-16(23)18(28-3)13-19(17)29-4/h7,9-13,20H,5-6,8H2,1-4H3,(H,24,26)(H,25,27). The first-order valence-electron chi connectivity index (χ1n) is 9.70. The van der Waals surface area contributed by atoms with Gasteiger partial charge in [0.2, 0.25) is 11.8 Å². The highest BCUT2D eigenvalue weighted by Gasteiger charge is 2.21. The lowest BCUT2D eigenvalue weighted by atomic mass is 10.2. The van der Waals surface area contributed by atoms with Crippen molar-refractivity contribution in [3.63, 3.8) is 0 Å². The zero-order chi connectivity index (χ0) is 22.1. The van der Waals surface area contributed by atoms with Crippen molar-refractivity contribution in [2.24, 2.45) is 0 Å². The summed E-state index contributed by atoms with van der Waals surface area (Å²) in [6, 6.07) is 10.7. The lowest BCUT2D eigenvalue weighted by Gasteiger charge is -2.18. The first kappa shape index (κ1) is 23.9. The van der Waals surface area contributed by atoms with Crippen LogP contribution in [0.5, 0.6) is 11.5 Å². The second-order valence-corrected chi connectivity index (χ2v) is 8.20. The van der Waals surface area contributed by atoms with E-state index in [1.807, 2.05) is 38.1 Å². The van der Waals surface area contributed by atoms with Crippen LogP contribution in [-0.4, -0.2) is 31.3 Å². The van der Waals surface area contributed by atoms with Crippen molar-refractivity contribution in [2.45, 2.75) is 43.3 Å². The third kappa shape index (κ3) is 6.57. The van der Waals surface area contributed by atoms with Gasteiger partial charge in [-0.2, -0.15) is 0 Å². The van der Waals surface area contributed by atoms with Gasteiger partial charge in [-0.05, 0) is 37.1 Å². The summed E-state index contributed by atoms with van der Waals surface area (Å²) in [6.45, 7) is 3.91. The summed E-state index contributed by atoms with van der Waals surface area (Å²) in [5.74, 6) is 0.746. The van der Waals surface area contributed by atoms with Crippen LogP contribution in [0.25, 0.3) is 0 Å². The molecule has 0 heterocycles. The van der Waals surface area contributed by atoms with Gasteiger partial charge in [0.25, 0.3) is 0 Å². The Morgan fingerprint density at radius 2 is 1.80 bits per heavy atom. The minimum atomic E-state index is -0.336. The molecule has 8 heteroatoms. The van der Waals surface area contributed by atoms with Gasteiger partial charge in [0, 0.05) is 23.1 Å². The first-order chi connectivity index (χ1) is 14.4. The average molecular weight is 451 g/mol. The molecule has 1 atom stereocenters. The van der Waals surface area contributed by atoms with Gasteiger partial charge in [-0.15, -0.1) is 11.8 Å². The lowest BCUT2D eigenvalue weighted by molar-refractivity contribution is -0.116. The minimum Gasteiger partial charge on any atom is -0.495 e. The maximum Gasteiger partial charge on any atom is 0.237 e. The molecule has 0 saturated carbocycles. The van der Waals surface area contributed by atoms with E-state index in [1.165, 1.54) is 26.0 Å². The molecule has 0 bridgehead atoms. The van der Waals surface area contributed by atoms with Crippen molar-refractivity contribution >= 4 is 46.6 Å². The molecule has 0 aliphatic rings. The Morgan fingerprint density at radius 3 is 2.43 bits per heavy atom. The number of ether oxygens (including phenoxy) is 2. The molecule has 0 saturated heterocycles. The molecule has 2 aromatic carbocycles. The van der Waals surface area contributed by atoms with Crippen LogP contribution < -0.4 is 20.1 Å². The van der Waals surface area contributed by atoms with E-state index in [0.29, 0.717) is 35.1 Å². The van der Waals surface area contributed by atoms with Gasteiger partial charge >= 0.3 is 0 Å². The number of amides is 2. The topological polar surface area (TPSA) is 76.7 Å². The highest BCUT2D eigenvalue weighted by atomic mass is 35.5. The highest BCUT2D eigenvalue weighted by Crippen LogP contribution is 2.37. The first-order valence-corrected chi connectivity index (χ1v) is 11.0. The second kappa shape index (κ2) is 11.7. The molecule has 6 nitrogen and oxygen atoms in total. The van der Waals surface area contributed by atoms with Crippen molar-refractivity contribution in [1.29, 1.82) is 0 Å². The van der Waals surface area contributed by atoms with Crippen LogP contribution >= 0.6 is 23.4 Å². The minimum absolute atomic E-state index is 0.0204. The van der Waals surface area contributed by atoms with Gasteiger partial charge in [0.05, 0.1) is 30.2 Å². The maximum absolute atomic E-state index is 12.9. The van der Waals surface area contributed by atoms with Crippen molar-refractivity contribution in [1.82, 2.24) is 0 Å². The predicted octanol–water partition coefficient (Wildman–Crippen LogP) is 5.61. The molecule has 2 aromatic rings. The SMILES string of the molecule is CCCC(=O)Nc1cccc(SC(CC)C(=O)Nc2cc(Cl)c(OC)cc2OC)c1. The Bertz CT molecular complexity index is 891.